The lowest BCUT2D eigenvalue weighted by Crippen LogP contribution is -2.49. The monoisotopic (exact) mass is 562 g/mol. The zero-order chi connectivity index (χ0) is 29.4. The van der Waals surface area contributed by atoms with Gasteiger partial charge in [-0.1, -0.05) is 6.07 Å². The highest BCUT2D eigenvalue weighted by molar-refractivity contribution is 6.31. The number of alkyl halides is 6. The van der Waals surface area contributed by atoms with Crippen LogP contribution in [0.15, 0.2) is 36.4 Å². The topological polar surface area (TPSA) is 77.9 Å². The van der Waals surface area contributed by atoms with Crippen LogP contribution in [0.5, 0.6) is 0 Å². The Bertz CT molecular complexity index is 1240. The van der Waals surface area contributed by atoms with Gasteiger partial charge >= 0.3 is 24.2 Å². The molecule has 212 valence electrons. The number of halogens is 7. The van der Waals surface area contributed by atoms with Crippen molar-refractivity contribution in [2.45, 2.75) is 44.6 Å². The standard InChI is InChI=1S/C26H25F7N2O4/c1-13-8-18(27)4-5-19(13)21-12-35(23(37)24(38)39)7-6-20(21)22(36)34(3)14(2)15-9-16(25(28,29)30)11-17(10-15)26(31,32)33/h4-5,8-11,14,20-21H,6-7,12H2,1-3H3,(H,38,39)/t14-,20-,21+/m0/s1. The van der Waals surface area contributed by atoms with Gasteiger partial charge in [-0.25, -0.2) is 9.18 Å². The molecule has 1 aliphatic heterocycles. The summed E-state index contributed by atoms with van der Waals surface area (Å²) in [5, 5.41) is 9.13. The fourth-order valence-corrected chi connectivity index (χ4v) is 4.83. The second-order valence-electron chi connectivity index (χ2n) is 9.52. The molecule has 2 aromatic rings. The summed E-state index contributed by atoms with van der Waals surface area (Å²) >= 11 is 0. The first-order chi connectivity index (χ1) is 17.9. The number of likely N-dealkylation sites (tertiary alicyclic amines) is 1. The van der Waals surface area contributed by atoms with Gasteiger partial charge in [-0.15, -0.1) is 0 Å². The molecule has 1 aliphatic rings. The first kappa shape index (κ1) is 29.9. The third-order valence-electron chi connectivity index (χ3n) is 7.05. The van der Waals surface area contributed by atoms with E-state index in [9.17, 15) is 45.1 Å². The third kappa shape index (κ3) is 6.51. The number of aliphatic carboxylic acids is 1. The number of hydrogen-bond acceptors (Lipinski definition) is 3. The van der Waals surface area contributed by atoms with E-state index in [1.165, 1.54) is 26.1 Å². The zero-order valence-electron chi connectivity index (χ0n) is 21.0. The number of hydrogen-bond donors (Lipinski definition) is 1. The first-order valence-corrected chi connectivity index (χ1v) is 11.8. The van der Waals surface area contributed by atoms with Gasteiger partial charge in [0, 0.05) is 32.0 Å². The molecule has 0 aromatic heterocycles. The maximum absolute atomic E-state index is 13.8. The fraction of sp³-hybridized carbons (Fsp3) is 0.423. The van der Waals surface area contributed by atoms with Gasteiger partial charge in [-0.2, -0.15) is 26.3 Å². The highest BCUT2D eigenvalue weighted by atomic mass is 19.4. The number of carbonyl (C=O) groups is 3. The molecule has 2 aromatic carbocycles. The number of carboxylic acids is 1. The molecule has 6 nitrogen and oxygen atoms in total. The maximum Gasteiger partial charge on any atom is 0.416 e. The molecule has 0 saturated carbocycles. The summed E-state index contributed by atoms with van der Waals surface area (Å²) in [6.07, 6.45) is -10.2. The van der Waals surface area contributed by atoms with Gasteiger partial charge < -0.3 is 14.9 Å². The summed E-state index contributed by atoms with van der Waals surface area (Å²) < 4.78 is 94.0. The van der Waals surface area contributed by atoms with E-state index in [1.807, 2.05) is 0 Å². The Kier molecular flexibility index (Phi) is 8.32. The van der Waals surface area contributed by atoms with E-state index in [0.29, 0.717) is 23.3 Å². The van der Waals surface area contributed by atoms with Crippen LogP contribution in [-0.4, -0.2) is 52.8 Å². The number of piperidine rings is 1. The highest BCUT2D eigenvalue weighted by Crippen LogP contribution is 2.40. The minimum Gasteiger partial charge on any atom is -0.474 e. The van der Waals surface area contributed by atoms with Crippen molar-refractivity contribution in [2.24, 2.45) is 5.92 Å². The zero-order valence-corrected chi connectivity index (χ0v) is 21.0. The van der Waals surface area contributed by atoms with Crippen molar-refractivity contribution in [1.29, 1.82) is 0 Å². The van der Waals surface area contributed by atoms with Crippen LogP contribution >= 0.6 is 0 Å². The highest BCUT2D eigenvalue weighted by Gasteiger charge is 2.42. The molecule has 1 N–H and O–H groups in total. The van der Waals surface area contributed by atoms with Crippen LogP contribution in [0.2, 0.25) is 0 Å². The van der Waals surface area contributed by atoms with Crippen molar-refractivity contribution >= 4 is 17.8 Å². The molecule has 3 rings (SSSR count). The van der Waals surface area contributed by atoms with Crippen molar-refractivity contribution in [3.8, 4) is 0 Å². The van der Waals surface area contributed by atoms with Crippen LogP contribution in [-0.2, 0) is 26.7 Å². The SMILES string of the molecule is Cc1cc(F)ccc1[C@H]1CN(C(=O)C(=O)O)CC[C@@H]1C(=O)N(C)[C@@H](C)c1cc(C(F)(F)F)cc(C(F)(F)F)c1. The number of rotatable bonds is 4. The lowest BCUT2D eigenvalue weighted by Gasteiger charge is -2.40. The minimum atomic E-state index is -5.06. The summed E-state index contributed by atoms with van der Waals surface area (Å²) in [6.45, 7) is 2.51. The predicted octanol–water partition coefficient (Wildman–Crippen LogP) is 5.41. The van der Waals surface area contributed by atoms with Gasteiger partial charge in [-0.3, -0.25) is 9.59 Å². The first-order valence-electron chi connectivity index (χ1n) is 11.8. The number of benzene rings is 2. The molecule has 2 amide bonds. The van der Waals surface area contributed by atoms with Gasteiger partial charge in [0.05, 0.1) is 17.2 Å². The summed E-state index contributed by atoms with van der Waals surface area (Å²) in [4.78, 5) is 39.1. The van der Waals surface area contributed by atoms with E-state index in [2.05, 4.69) is 0 Å². The van der Waals surface area contributed by atoms with Crippen molar-refractivity contribution in [3.05, 3.63) is 70.0 Å². The number of carbonyl (C=O) groups excluding carboxylic acids is 2. The van der Waals surface area contributed by atoms with Crippen molar-refractivity contribution in [3.63, 3.8) is 0 Å². The number of nitrogens with zero attached hydrogens (tertiary/aromatic N) is 2. The molecular formula is C26H25F7N2O4. The molecule has 0 aliphatic carbocycles. The molecule has 1 heterocycles. The van der Waals surface area contributed by atoms with Crippen LogP contribution in [0, 0.1) is 18.7 Å². The largest absolute Gasteiger partial charge is 0.474 e. The molecule has 3 atom stereocenters. The Labute approximate surface area is 219 Å². The molecular weight excluding hydrogens is 537 g/mol. The molecule has 13 heteroatoms. The van der Waals surface area contributed by atoms with E-state index in [1.54, 1.807) is 6.92 Å². The quantitative estimate of drug-likeness (QED) is 0.400. The molecule has 1 fully saturated rings. The number of aryl methyl sites for hydroxylation is 1. The summed E-state index contributed by atoms with van der Waals surface area (Å²) in [5.41, 5.74) is -2.54. The third-order valence-corrected chi connectivity index (χ3v) is 7.05. The Morgan fingerprint density at radius 1 is 1.00 bits per heavy atom. The molecule has 1 saturated heterocycles. The second kappa shape index (κ2) is 10.9. The summed E-state index contributed by atoms with van der Waals surface area (Å²) in [6, 6.07) is 3.63. The minimum absolute atomic E-state index is 0.000562. The maximum atomic E-state index is 13.8. The van der Waals surface area contributed by atoms with Crippen LogP contribution in [0.3, 0.4) is 0 Å². The van der Waals surface area contributed by atoms with E-state index in [4.69, 9.17) is 5.11 Å². The van der Waals surface area contributed by atoms with Crippen LogP contribution in [0.25, 0.3) is 0 Å². The normalized spacial score (nSPS) is 19.0. The summed E-state index contributed by atoms with van der Waals surface area (Å²) in [5.74, 6) is -5.83. The average molecular weight is 562 g/mol. The van der Waals surface area contributed by atoms with Crippen molar-refractivity contribution < 1.29 is 50.2 Å². The van der Waals surface area contributed by atoms with Crippen molar-refractivity contribution in [1.82, 2.24) is 9.80 Å². The van der Waals surface area contributed by atoms with E-state index >= 15 is 0 Å². The second-order valence-corrected chi connectivity index (χ2v) is 9.52. The number of carboxylic acid groups (broad SMARTS) is 1. The van der Waals surface area contributed by atoms with Crippen LogP contribution in [0.1, 0.15) is 53.1 Å². The molecule has 0 radical (unpaired) electrons. The lowest BCUT2D eigenvalue weighted by molar-refractivity contribution is -0.157. The van der Waals surface area contributed by atoms with Gasteiger partial charge in [0.25, 0.3) is 0 Å². The van der Waals surface area contributed by atoms with Gasteiger partial charge in [0.2, 0.25) is 5.91 Å². The Hall–Kier alpha value is -3.64. The molecule has 0 bridgehead atoms. The Balaban J connectivity index is 1.99. The molecule has 39 heavy (non-hydrogen) atoms. The van der Waals surface area contributed by atoms with Crippen LogP contribution in [0.4, 0.5) is 30.7 Å². The molecule has 0 unspecified atom stereocenters. The Morgan fingerprint density at radius 2 is 1.56 bits per heavy atom. The smallest absolute Gasteiger partial charge is 0.416 e. The Morgan fingerprint density at radius 3 is 2.05 bits per heavy atom. The number of amides is 2. The van der Waals surface area contributed by atoms with Gasteiger partial charge in [0.1, 0.15) is 5.82 Å². The van der Waals surface area contributed by atoms with Gasteiger partial charge in [0.15, 0.2) is 0 Å². The predicted molar refractivity (Wildman–Crippen MR) is 124 cm³/mol. The van der Waals surface area contributed by atoms with E-state index in [-0.39, 0.29) is 31.1 Å². The van der Waals surface area contributed by atoms with Crippen molar-refractivity contribution in [2.75, 3.05) is 20.1 Å². The lowest BCUT2D eigenvalue weighted by atomic mass is 9.78. The fourth-order valence-electron chi connectivity index (χ4n) is 4.83. The van der Waals surface area contributed by atoms with Gasteiger partial charge in [-0.05, 0) is 67.3 Å². The van der Waals surface area contributed by atoms with E-state index in [0.717, 1.165) is 15.9 Å². The van der Waals surface area contributed by atoms with E-state index < -0.39 is 65.0 Å². The average Bonchev–Trinajstić information content (AvgIpc) is 2.85. The van der Waals surface area contributed by atoms with Crippen LogP contribution < -0.4 is 0 Å². The molecule has 0 spiro atoms. The summed E-state index contributed by atoms with van der Waals surface area (Å²) in [7, 11) is 1.24.